The number of aryl methyl sites for hydroxylation is 1. The van der Waals surface area contributed by atoms with Crippen LogP contribution in [0.25, 0.3) is 0 Å². The van der Waals surface area contributed by atoms with Crippen molar-refractivity contribution < 1.29 is 4.79 Å². The molecule has 0 atom stereocenters. The zero-order valence-electron chi connectivity index (χ0n) is 11.9. The maximum atomic E-state index is 12.1. The fourth-order valence-electron chi connectivity index (χ4n) is 2.45. The van der Waals surface area contributed by atoms with E-state index in [0.717, 1.165) is 25.9 Å². The number of nitrogens with one attached hydrogen (secondary N) is 2. The molecule has 2 rings (SSSR count). The van der Waals surface area contributed by atoms with E-state index in [2.05, 4.69) is 34.4 Å². The number of rotatable bonds is 3. The van der Waals surface area contributed by atoms with Crippen molar-refractivity contribution in [3.05, 3.63) is 11.3 Å². The van der Waals surface area contributed by atoms with E-state index >= 15 is 0 Å². The van der Waals surface area contributed by atoms with Gasteiger partial charge in [-0.15, -0.1) is 0 Å². The summed E-state index contributed by atoms with van der Waals surface area (Å²) in [5.74, 6) is 0.132. The molecular formula is C13H23N5O. The van der Waals surface area contributed by atoms with Crippen LogP contribution in [0.5, 0.6) is 0 Å². The Balaban J connectivity index is 1.94. The Kier molecular flexibility index (Phi) is 3.80. The number of hydrogen-bond acceptors (Lipinski definition) is 4. The molecule has 1 aliphatic heterocycles. The quantitative estimate of drug-likeness (QED) is 0.753. The Morgan fingerprint density at radius 3 is 2.68 bits per heavy atom. The second-order valence-corrected chi connectivity index (χ2v) is 5.91. The highest BCUT2D eigenvalue weighted by Gasteiger charge is 2.29. The summed E-state index contributed by atoms with van der Waals surface area (Å²) in [4.78, 5) is 14.5. The first kappa shape index (κ1) is 13.9. The van der Waals surface area contributed by atoms with Crippen molar-refractivity contribution in [2.75, 3.05) is 32.4 Å². The molecule has 0 saturated carbocycles. The van der Waals surface area contributed by atoms with Gasteiger partial charge in [-0.2, -0.15) is 5.10 Å². The molecule has 6 heteroatoms. The number of aromatic nitrogens is 2. The summed E-state index contributed by atoms with van der Waals surface area (Å²) in [5, 5.41) is 9.57. The third-order valence-electron chi connectivity index (χ3n) is 4.07. The first-order chi connectivity index (χ1) is 8.91. The van der Waals surface area contributed by atoms with Gasteiger partial charge in [-0.25, -0.2) is 0 Å². The van der Waals surface area contributed by atoms with Crippen molar-refractivity contribution in [3.8, 4) is 0 Å². The molecule has 0 radical (unpaired) electrons. The Morgan fingerprint density at radius 2 is 2.16 bits per heavy atom. The Bertz CT molecular complexity index is 440. The van der Waals surface area contributed by atoms with Crippen LogP contribution in [0.15, 0.2) is 0 Å². The SMILES string of the molecule is Cc1[nH]nc(N)c1C(=O)NCC1(C)CCN(C)CC1. The average Bonchev–Trinajstić information content (AvgIpc) is 2.71. The molecule has 4 N–H and O–H groups in total. The molecule has 0 bridgehead atoms. The molecule has 0 aliphatic carbocycles. The molecule has 2 heterocycles. The van der Waals surface area contributed by atoms with E-state index in [0.29, 0.717) is 17.8 Å². The predicted molar refractivity (Wildman–Crippen MR) is 74.9 cm³/mol. The third-order valence-corrected chi connectivity index (χ3v) is 4.07. The van der Waals surface area contributed by atoms with Crippen LogP contribution in [0.4, 0.5) is 5.82 Å². The van der Waals surface area contributed by atoms with Gasteiger partial charge in [0.25, 0.3) is 5.91 Å². The van der Waals surface area contributed by atoms with E-state index in [9.17, 15) is 4.79 Å². The number of likely N-dealkylation sites (tertiary alicyclic amines) is 1. The monoisotopic (exact) mass is 265 g/mol. The smallest absolute Gasteiger partial charge is 0.256 e. The lowest BCUT2D eigenvalue weighted by atomic mass is 9.80. The van der Waals surface area contributed by atoms with Gasteiger partial charge in [0, 0.05) is 12.2 Å². The van der Waals surface area contributed by atoms with Crippen molar-refractivity contribution in [2.45, 2.75) is 26.7 Å². The van der Waals surface area contributed by atoms with Crippen LogP contribution in [-0.2, 0) is 0 Å². The number of H-pyrrole nitrogens is 1. The van der Waals surface area contributed by atoms with E-state index in [4.69, 9.17) is 5.73 Å². The van der Waals surface area contributed by atoms with Gasteiger partial charge in [-0.05, 0) is 45.3 Å². The zero-order chi connectivity index (χ0) is 14.0. The Hall–Kier alpha value is -1.56. The van der Waals surface area contributed by atoms with Gasteiger partial charge in [0.05, 0.1) is 0 Å². The van der Waals surface area contributed by atoms with E-state index in [-0.39, 0.29) is 17.1 Å². The highest BCUT2D eigenvalue weighted by molar-refractivity contribution is 5.99. The molecule has 1 amide bonds. The molecule has 6 nitrogen and oxygen atoms in total. The van der Waals surface area contributed by atoms with Gasteiger partial charge >= 0.3 is 0 Å². The maximum absolute atomic E-state index is 12.1. The van der Waals surface area contributed by atoms with Crippen LogP contribution in [0.3, 0.4) is 0 Å². The molecule has 1 aromatic rings. The van der Waals surface area contributed by atoms with Gasteiger partial charge in [0.2, 0.25) is 0 Å². The van der Waals surface area contributed by atoms with E-state index < -0.39 is 0 Å². The number of hydrogen-bond donors (Lipinski definition) is 3. The Morgan fingerprint density at radius 1 is 1.53 bits per heavy atom. The van der Waals surface area contributed by atoms with Crippen molar-refractivity contribution >= 4 is 11.7 Å². The molecule has 106 valence electrons. The van der Waals surface area contributed by atoms with Gasteiger partial charge in [-0.3, -0.25) is 9.89 Å². The number of nitrogens with zero attached hydrogens (tertiary/aromatic N) is 2. The van der Waals surface area contributed by atoms with Crippen LogP contribution < -0.4 is 11.1 Å². The van der Waals surface area contributed by atoms with Crippen LogP contribution in [0.1, 0.15) is 35.8 Å². The first-order valence-corrected chi connectivity index (χ1v) is 6.68. The number of nitrogen functional groups attached to an aromatic ring is 1. The van der Waals surface area contributed by atoms with Crippen molar-refractivity contribution in [3.63, 3.8) is 0 Å². The normalized spacial score (nSPS) is 19.3. The standard InChI is InChI=1S/C13H23N5O/c1-9-10(11(14)17-16-9)12(19)15-8-13(2)4-6-18(3)7-5-13/h4-8H2,1-3H3,(H,15,19)(H3,14,16,17). The minimum atomic E-state index is -0.135. The van der Waals surface area contributed by atoms with Crippen molar-refractivity contribution in [1.82, 2.24) is 20.4 Å². The van der Waals surface area contributed by atoms with E-state index in [1.165, 1.54) is 0 Å². The predicted octanol–water partition coefficient (Wildman–Crippen LogP) is 0.762. The zero-order valence-corrected chi connectivity index (χ0v) is 11.9. The lowest BCUT2D eigenvalue weighted by Gasteiger charge is -2.37. The maximum Gasteiger partial charge on any atom is 0.256 e. The fraction of sp³-hybridized carbons (Fsp3) is 0.692. The van der Waals surface area contributed by atoms with Gasteiger partial charge in [-0.1, -0.05) is 6.92 Å². The topological polar surface area (TPSA) is 87.0 Å². The minimum Gasteiger partial charge on any atom is -0.382 e. The molecular weight excluding hydrogens is 242 g/mol. The number of anilines is 1. The van der Waals surface area contributed by atoms with Gasteiger partial charge < -0.3 is 16.0 Å². The third kappa shape index (κ3) is 3.07. The number of nitrogens with two attached hydrogens (primary N) is 1. The summed E-state index contributed by atoms with van der Waals surface area (Å²) in [6, 6.07) is 0. The van der Waals surface area contributed by atoms with Crippen LogP contribution in [0, 0.1) is 12.3 Å². The fourth-order valence-corrected chi connectivity index (χ4v) is 2.45. The summed E-state index contributed by atoms with van der Waals surface area (Å²) < 4.78 is 0. The van der Waals surface area contributed by atoms with Crippen molar-refractivity contribution in [2.24, 2.45) is 5.41 Å². The summed E-state index contributed by atoms with van der Waals surface area (Å²) in [6.45, 7) is 6.88. The van der Waals surface area contributed by atoms with E-state index in [1.807, 2.05) is 0 Å². The first-order valence-electron chi connectivity index (χ1n) is 6.68. The van der Waals surface area contributed by atoms with Crippen molar-refractivity contribution in [1.29, 1.82) is 0 Å². The number of aromatic amines is 1. The second kappa shape index (κ2) is 5.21. The lowest BCUT2D eigenvalue weighted by Crippen LogP contribution is -2.43. The molecule has 19 heavy (non-hydrogen) atoms. The highest BCUT2D eigenvalue weighted by atomic mass is 16.1. The second-order valence-electron chi connectivity index (χ2n) is 5.91. The number of piperidine rings is 1. The summed E-state index contributed by atoms with van der Waals surface area (Å²) in [5.41, 5.74) is 7.05. The molecule has 1 aromatic heterocycles. The van der Waals surface area contributed by atoms with Crippen LogP contribution in [0.2, 0.25) is 0 Å². The van der Waals surface area contributed by atoms with Crippen LogP contribution >= 0.6 is 0 Å². The summed E-state index contributed by atoms with van der Waals surface area (Å²) >= 11 is 0. The van der Waals surface area contributed by atoms with Gasteiger partial charge in [0.15, 0.2) is 5.82 Å². The largest absolute Gasteiger partial charge is 0.382 e. The number of amides is 1. The van der Waals surface area contributed by atoms with E-state index in [1.54, 1.807) is 6.92 Å². The van der Waals surface area contributed by atoms with Gasteiger partial charge in [0.1, 0.15) is 5.56 Å². The average molecular weight is 265 g/mol. The molecule has 1 fully saturated rings. The number of carbonyl (C=O) groups excluding carboxylic acids is 1. The summed E-state index contributed by atoms with van der Waals surface area (Å²) in [7, 11) is 2.13. The van der Waals surface area contributed by atoms with Crippen LogP contribution in [-0.4, -0.2) is 47.7 Å². The Labute approximate surface area is 113 Å². The number of carbonyl (C=O) groups is 1. The molecule has 0 unspecified atom stereocenters. The lowest BCUT2D eigenvalue weighted by molar-refractivity contribution is 0.0892. The molecule has 1 saturated heterocycles. The molecule has 1 aliphatic rings. The summed E-state index contributed by atoms with van der Waals surface area (Å²) in [6.07, 6.45) is 2.20. The minimum absolute atomic E-state index is 0.135. The molecule has 0 spiro atoms. The molecule has 0 aromatic carbocycles. The highest BCUT2D eigenvalue weighted by Crippen LogP contribution is 2.29.